The maximum atomic E-state index is 9.77. The molecule has 0 radical (unpaired) electrons. The molecule has 0 bridgehead atoms. The molecule has 0 amide bonds. The number of aliphatic hydroxyl groups is 2. The summed E-state index contributed by atoms with van der Waals surface area (Å²) in [5, 5.41) is 33.4. The van der Waals surface area contributed by atoms with Gasteiger partial charge in [-0.1, -0.05) is 43.6 Å². The Labute approximate surface area is 176 Å². The second-order valence-corrected chi connectivity index (χ2v) is 8.44. The number of halogens is 1. The number of nitrogens with two attached hydrogens (primary N) is 1. The van der Waals surface area contributed by atoms with E-state index >= 15 is 0 Å². The second-order valence-electron chi connectivity index (χ2n) is 8.03. The van der Waals surface area contributed by atoms with Gasteiger partial charge >= 0.3 is 11.9 Å². The van der Waals surface area contributed by atoms with Gasteiger partial charge in [-0.25, -0.2) is 9.59 Å². The number of quaternary nitrogens is 1. The number of rotatable bonds is 8. The molecule has 164 valence electrons. The van der Waals surface area contributed by atoms with Crippen LogP contribution in [0.25, 0.3) is 0 Å². The van der Waals surface area contributed by atoms with E-state index in [4.69, 9.17) is 37.8 Å². The molecule has 2 rings (SSSR count). The van der Waals surface area contributed by atoms with Crippen molar-refractivity contribution in [3.63, 3.8) is 0 Å². The van der Waals surface area contributed by atoms with E-state index in [1.807, 2.05) is 12.1 Å². The van der Waals surface area contributed by atoms with Crippen LogP contribution in [0.3, 0.4) is 0 Å². The van der Waals surface area contributed by atoms with Crippen LogP contribution in [0.1, 0.15) is 25.8 Å². The first kappa shape index (κ1) is 25.3. The Balaban J connectivity index is 0.000000359. The number of hydrogen-bond donors (Lipinski definition) is 5. The average molecular weight is 432 g/mol. The molecule has 1 heterocycles. The maximum Gasteiger partial charge on any atom is 0.335 e. The Morgan fingerprint density at radius 3 is 2.14 bits per heavy atom. The fourth-order valence-electron chi connectivity index (χ4n) is 3.79. The predicted octanol–water partition coefficient (Wildman–Crippen LogP) is 1.17. The summed E-state index contributed by atoms with van der Waals surface area (Å²) >= 11 is 6.34. The number of nitrogens with zero attached hydrogens (tertiary/aromatic N) is 1. The van der Waals surface area contributed by atoms with Crippen molar-refractivity contribution in [3.05, 3.63) is 34.9 Å². The first-order valence-electron chi connectivity index (χ1n) is 9.61. The zero-order valence-electron chi connectivity index (χ0n) is 16.9. The molecule has 1 aliphatic heterocycles. The summed E-state index contributed by atoms with van der Waals surface area (Å²) in [5.74, 6) is -2.15. The number of aliphatic carboxylic acids is 2. The third kappa shape index (κ3) is 7.91. The van der Waals surface area contributed by atoms with E-state index in [-0.39, 0.29) is 0 Å². The van der Waals surface area contributed by atoms with E-state index < -0.39 is 24.1 Å². The number of benzene rings is 1. The minimum absolute atomic E-state index is 0.682. The highest BCUT2D eigenvalue weighted by molar-refractivity contribution is 6.31. The van der Waals surface area contributed by atoms with Crippen molar-refractivity contribution in [1.82, 2.24) is 0 Å². The fraction of sp³-hybridized carbons (Fsp3) is 0.600. The van der Waals surface area contributed by atoms with E-state index in [0.717, 1.165) is 22.6 Å². The second kappa shape index (κ2) is 11.5. The first-order valence-corrected chi connectivity index (χ1v) is 9.99. The summed E-state index contributed by atoms with van der Waals surface area (Å²) in [5.41, 5.74) is 7.15. The van der Waals surface area contributed by atoms with Gasteiger partial charge in [-0.05, 0) is 6.07 Å². The van der Waals surface area contributed by atoms with Crippen molar-refractivity contribution < 1.29 is 34.5 Å². The Morgan fingerprint density at radius 2 is 1.72 bits per heavy atom. The topological polar surface area (TPSA) is 141 Å². The molecular weight excluding hydrogens is 400 g/mol. The maximum absolute atomic E-state index is 9.77. The Bertz CT molecular complexity index is 669. The van der Waals surface area contributed by atoms with Crippen molar-refractivity contribution in [2.24, 2.45) is 17.6 Å². The van der Waals surface area contributed by atoms with Crippen LogP contribution in [-0.4, -0.2) is 75.2 Å². The molecule has 3 unspecified atom stereocenters. The van der Waals surface area contributed by atoms with Gasteiger partial charge in [0, 0.05) is 35.4 Å². The molecule has 0 aromatic heterocycles. The smallest absolute Gasteiger partial charge is 0.335 e. The molecule has 0 saturated carbocycles. The number of carboxylic acid groups (broad SMARTS) is 2. The van der Waals surface area contributed by atoms with Gasteiger partial charge in [0.05, 0.1) is 19.6 Å². The lowest BCUT2D eigenvalue weighted by atomic mass is 10.1. The van der Waals surface area contributed by atoms with Gasteiger partial charge in [-0.3, -0.25) is 0 Å². The van der Waals surface area contributed by atoms with Gasteiger partial charge in [-0.2, -0.15) is 0 Å². The largest absolute Gasteiger partial charge is 0.479 e. The van der Waals surface area contributed by atoms with E-state index in [2.05, 4.69) is 26.0 Å². The standard InChI is InChI=1S/C16H26ClN2.C4H6O6/c1-13(2)10-19(8-7-14(9-18)11-19)12-15-5-3-4-6-16(15)17;5-1(3(7)8)2(6)4(9)10/h3-6,13-14H,7-12,18H2,1-2H3;1-2,5-6H,(H,7,8)(H,9,10)/q+1;/t14-,19?;/m1./s1. The van der Waals surface area contributed by atoms with E-state index in [1.54, 1.807) is 0 Å². The van der Waals surface area contributed by atoms with Gasteiger partial charge in [-0.15, -0.1) is 0 Å². The Hall–Kier alpha value is -1.71. The summed E-state index contributed by atoms with van der Waals surface area (Å²) in [6.45, 7) is 10.2. The highest BCUT2D eigenvalue weighted by Crippen LogP contribution is 2.30. The monoisotopic (exact) mass is 431 g/mol. The summed E-state index contributed by atoms with van der Waals surface area (Å²) in [6.07, 6.45) is -3.27. The molecular formula is C20H32ClN2O6+. The first-order chi connectivity index (χ1) is 13.5. The van der Waals surface area contributed by atoms with Crippen LogP contribution in [-0.2, 0) is 16.1 Å². The molecule has 4 atom stereocenters. The SMILES string of the molecule is CC(C)C[N+]1(Cc2ccccc2Cl)CC[C@H](CN)C1.O=C(O)C(O)C(O)C(=O)O. The third-order valence-electron chi connectivity index (χ3n) is 5.01. The van der Waals surface area contributed by atoms with Gasteiger partial charge in [0.1, 0.15) is 6.54 Å². The molecule has 9 heteroatoms. The number of aliphatic hydroxyl groups excluding tert-OH is 2. The lowest BCUT2D eigenvalue weighted by Gasteiger charge is -2.36. The molecule has 0 aliphatic carbocycles. The third-order valence-corrected chi connectivity index (χ3v) is 5.38. The molecule has 1 aromatic rings. The summed E-state index contributed by atoms with van der Waals surface area (Å²) in [7, 11) is 0. The van der Waals surface area contributed by atoms with Crippen molar-refractivity contribution in [3.8, 4) is 0 Å². The molecule has 1 fully saturated rings. The number of carboxylic acids is 2. The highest BCUT2D eigenvalue weighted by atomic mass is 35.5. The van der Waals surface area contributed by atoms with E-state index in [0.29, 0.717) is 11.8 Å². The number of hydrogen-bond acceptors (Lipinski definition) is 5. The quantitative estimate of drug-likeness (QED) is 0.389. The van der Waals surface area contributed by atoms with Crippen molar-refractivity contribution in [2.45, 2.75) is 39.0 Å². The van der Waals surface area contributed by atoms with E-state index in [9.17, 15) is 9.59 Å². The van der Waals surface area contributed by atoms with Crippen LogP contribution < -0.4 is 5.73 Å². The molecule has 29 heavy (non-hydrogen) atoms. The van der Waals surface area contributed by atoms with E-state index in [1.165, 1.54) is 31.6 Å². The fourth-order valence-corrected chi connectivity index (χ4v) is 3.98. The molecule has 0 spiro atoms. The highest BCUT2D eigenvalue weighted by Gasteiger charge is 2.38. The minimum Gasteiger partial charge on any atom is -0.479 e. The Morgan fingerprint density at radius 1 is 1.17 bits per heavy atom. The molecule has 1 aromatic carbocycles. The minimum atomic E-state index is -2.27. The molecule has 8 nitrogen and oxygen atoms in total. The van der Waals surface area contributed by atoms with Crippen LogP contribution >= 0.6 is 11.6 Å². The number of likely N-dealkylation sites (tertiary alicyclic amines) is 1. The van der Waals surface area contributed by atoms with Crippen LogP contribution in [0.2, 0.25) is 5.02 Å². The van der Waals surface area contributed by atoms with Crippen LogP contribution in [0.4, 0.5) is 0 Å². The summed E-state index contributed by atoms with van der Waals surface area (Å²) in [4.78, 5) is 19.5. The zero-order valence-corrected chi connectivity index (χ0v) is 17.6. The van der Waals surface area contributed by atoms with Gasteiger partial charge in [0.25, 0.3) is 0 Å². The summed E-state index contributed by atoms with van der Waals surface area (Å²) < 4.78 is 1.16. The normalized spacial score (nSPS) is 23.2. The van der Waals surface area contributed by atoms with Crippen LogP contribution in [0.15, 0.2) is 24.3 Å². The number of carbonyl (C=O) groups is 2. The Kier molecular flexibility index (Phi) is 10.0. The van der Waals surface area contributed by atoms with Crippen molar-refractivity contribution in [2.75, 3.05) is 26.2 Å². The van der Waals surface area contributed by atoms with Gasteiger partial charge in [0.15, 0.2) is 12.2 Å². The molecule has 1 aliphatic rings. The van der Waals surface area contributed by atoms with Crippen molar-refractivity contribution >= 4 is 23.5 Å². The van der Waals surface area contributed by atoms with Gasteiger partial charge < -0.3 is 30.6 Å². The van der Waals surface area contributed by atoms with Crippen LogP contribution in [0, 0.1) is 11.8 Å². The lowest BCUT2D eigenvalue weighted by molar-refractivity contribution is -0.933. The molecule has 1 saturated heterocycles. The lowest BCUT2D eigenvalue weighted by Crippen LogP contribution is -2.48. The predicted molar refractivity (Wildman–Crippen MR) is 109 cm³/mol. The molecule has 6 N–H and O–H groups in total. The zero-order chi connectivity index (χ0) is 22.2. The van der Waals surface area contributed by atoms with Crippen LogP contribution in [0.5, 0.6) is 0 Å². The summed E-state index contributed by atoms with van der Waals surface area (Å²) in [6, 6.07) is 8.26. The van der Waals surface area contributed by atoms with Crippen molar-refractivity contribution in [1.29, 1.82) is 0 Å². The average Bonchev–Trinajstić information content (AvgIpc) is 3.05. The van der Waals surface area contributed by atoms with Gasteiger partial charge in [0.2, 0.25) is 0 Å².